The van der Waals surface area contributed by atoms with E-state index in [4.69, 9.17) is 4.74 Å². The Labute approximate surface area is 160 Å². The molecule has 0 fully saturated rings. The third kappa shape index (κ3) is 4.51. The van der Waals surface area contributed by atoms with Crippen molar-refractivity contribution in [3.05, 3.63) is 65.2 Å². The molecule has 0 aromatic heterocycles. The predicted octanol–water partition coefficient (Wildman–Crippen LogP) is 3.24. The smallest absolute Gasteiger partial charge is 0.416 e. The quantitative estimate of drug-likeness (QED) is 0.812. The summed E-state index contributed by atoms with van der Waals surface area (Å²) in [4.78, 5) is 26.3. The zero-order valence-corrected chi connectivity index (χ0v) is 15.1. The Bertz CT molecular complexity index is 866. The number of benzene rings is 2. The van der Waals surface area contributed by atoms with Crippen LogP contribution in [0.2, 0.25) is 0 Å². The molecule has 0 saturated carbocycles. The van der Waals surface area contributed by atoms with Crippen LogP contribution in [0.4, 0.5) is 18.9 Å². The molecule has 3 rings (SSSR count). The van der Waals surface area contributed by atoms with Crippen LogP contribution in [0.15, 0.2) is 48.5 Å². The lowest BCUT2D eigenvalue weighted by Crippen LogP contribution is -2.49. The van der Waals surface area contributed by atoms with Crippen LogP contribution in [0.3, 0.4) is 0 Å². The van der Waals surface area contributed by atoms with Gasteiger partial charge in [-0.05, 0) is 41.8 Å². The summed E-state index contributed by atoms with van der Waals surface area (Å²) < 4.78 is 42.7. The summed E-state index contributed by atoms with van der Waals surface area (Å²) in [6, 6.07) is 11.3. The highest BCUT2D eigenvalue weighted by Crippen LogP contribution is 2.30. The minimum Gasteiger partial charge on any atom is -0.468 e. The molecule has 28 heavy (non-hydrogen) atoms. The van der Waals surface area contributed by atoms with E-state index >= 15 is 0 Å². The van der Waals surface area contributed by atoms with Crippen molar-refractivity contribution in [2.75, 3.05) is 19.0 Å². The van der Waals surface area contributed by atoms with Gasteiger partial charge in [0.2, 0.25) is 5.91 Å². The minimum absolute atomic E-state index is 0.0882. The topological polar surface area (TPSA) is 58.6 Å². The molecule has 0 aliphatic carbocycles. The Morgan fingerprint density at radius 3 is 2.36 bits per heavy atom. The van der Waals surface area contributed by atoms with Gasteiger partial charge in [-0.1, -0.05) is 24.3 Å². The highest BCUT2D eigenvalue weighted by molar-refractivity contribution is 5.92. The second kappa shape index (κ2) is 8.02. The number of anilines is 1. The van der Waals surface area contributed by atoms with Crippen molar-refractivity contribution < 1.29 is 27.5 Å². The van der Waals surface area contributed by atoms with Gasteiger partial charge in [0, 0.05) is 12.2 Å². The van der Waals surface area contributed by atoms with E-state index in [1.807, 2.05) is 24.3 Å². The molecule has 0 unspecified atom stereocenters. The Hall–Kier alpha value is -2.87. The van der Waals surface area contributed by atoms with Crippen molar-refractivity contribution in [2.45, 2.75) is 25.2 Å². The fourth-order valence-electron chi connectivity index (χ4n) is 3.24. The molecule has 2 aromatic carbocycles. The van der Waals surface area contributed by atoms with Crippen LogP contribution in [-0.2, 0) is 33.5 Å². The van der Waals surface area contributed by atoms with Gasteiger partial charge in [0.1, 0.15) is 6.04 Å². The first-order valence-electron chi connectivity index (χ1n) is 8.63. The van der Waals surface area contributed by atoms with E-state index in [1.165, 1.54) is 19.2 Å². The summed E-state index contributed by atoms with van der Waals surface area (Å²) in [6.45, 7) is 0.311. The van der Waals surface area contributed by atoms with Crippen molar-refractivity contribution in [3.63, 3.8) is 0 Å². The zero-order chi connectivity index (χ0) is 20.3. The van der Waals surface area contributed by atoms with Gasteiger partial charge in [0.15, 0.2) is 0 Å². The lowest BCUT2D eigenvalue weighted by atomic mass is 9.94. The number of nitrogens with one attached hydrogen (secondary N) is 1. The summed E-state index contributed by atoms with van der Waals surface area (Å²) in [5.74, 6) is -0.857. The van der Waals surface area contributed by atoms with Crippen molar-refractivity contribution >= 4 is 17.6 Å². The van der Waals surface area contributed by atoms with Crippen molar-refractivity contribution in [1.29, 1.82) is 0 Å². The molecule has 0 bridgehead atoms. The van der Waals surface area contributed by atoms with Gasteiger partial charge in [-0.25, -0.2) is 0 Å². The van der Waals surface area contributed by atoms with Crippen LogP contribution in [-0.4, -0.2) is 36.5 Å². The van der Waals surface area contributed by atoms with Crippen LogP contribution >= 0.6 is 0 Å². The molecule has 0 saturated heterocycles. The molecule has 0 spiro atoms. The third-order valence-corrected chi connectivity index (χ3v) is 4.66. The molecule has 1 aliphatic rings. The average Bonchev–Trinajstić information content (AvgIpc) is 2.66. The van der Waals surface area contributed by atoms with E-state index in [1.54, 1.807) is 4.90 Å². The van der Waals surface area contributed by atoms with Crippen LogP contribution in [0.25, 0.3) is 0 Å². The predicted molar refractivity (Wildman–Crippen MR) is 96.4 cm³/mol. The molecule has 2 aromatic rings. The van der Waals surface area contributed by atoms with Crippen molar-refractivity contribution in [2.24, 2.45) is 0 Å². The van der Waals surface area contributed by atoms with Gasteiger partial charge in [-0.3, -0.25) is 14.5 Å². The maximum atomic E-state index is 12.6. The van der Waals surface area contributed by atoms with E-state index < -0.39 is 29.7 Å². The summed E-state index contributed by atoms with van der Waals surface area (Å²) >= 11 is 0. The molecule has 0 radical (unpaired) electrons. The van der Waals surface area contributed by atoms with Gasteiger partial charge >= 0.3 is 12.1 Å². The number of halogens is 3. The number of alkyl halides is 3. The number of amides is 1. The summed E-state index contributed by atoms with van der Waals surface area (Å²) in [6.07, 6.45) is -4.01. The molecule has 148 valence electrons. The molecule has 8 heteroatoms. The standard InChI is InChI=1S/C20H19F3N2O3/c1-28-19(27)17-10-13-4-2-3-5-14(13)11-25(17)12-18(26)24-16-8-6-15(7-9-16)20(21,22)23/h2-9,17H,10-12H2,1H3,(H,24,26)/t17-/m1/s1. The number of esters is 1. The fourth-order valence-corrected chi connectivity index (χ4v) is 3.24. The molecule has 1 heterocycles. The van der Waals surface area contributed by atoms with E-state index in [9.17, 15) is 22.8 Å². The normalized spacial score (nSPS) is 16.9. The number of methoxy groups -OCH3 is 1. The summed E-state index contributed by atoms with van der Waals surface area (Å²) in [5, 5.41) is 2.57. The number of carbonyl (C=O) groups excluding carboxylic acids is 2. The van der Waals surface area contributed by atoms with Gasteiger partial charge < -0.3 is 10.1 Å². The molecule has 1 amide bonds. The summed E-state index contributed by atoms with van der Waals surface area (Å²) in [5.41, 5.74) is 1.51. The van der Waals surface area contributed by atoms with Crippen molar-refractivity contribution in [1.82, 2.24) is 4.90 Å². The first kappa shape index (κ1) is 19.9. The number of fused-ring (bicyclic) bond motifs is 1. The monoisotopic (exact) mass is 392 g/mol. The number of hydrogen-bond acceptors (Lipinski definition) is 4. The van der Waals surface area contributed by atoms with E-state index in [2.05, 4.69) is 5.32 Å². The molecule has 1 aliphatic heterocycles. The van der Waals surface area contributed by atoms with Gasteiger partial charge in [0.25, 0.3) is 0 Å². The third-order valence-electron chi connectivity index (χ3n) is 4.66. The van der Waals surface area contributed by atoms with Crippen LogP contribution in [0.5, 0.6) is 0 Å². The van der Waals surface area contributed by atoms with Crippen LogP contribution in [0.1, 0.15) is 16.7 Å². The highest BCUT2D eigenvalue weighted by atomic mass is 19.4. The SMILES string of the molecule is COC(=O)[C@H]1Cc2ccccc2CN1CC(=O)Nc1ccc(C(F)(F)F)cc1. The Kier molecular flexibility index (Phi) is 5.69. The maximum absolute atomic E-state index is 12.6. The Balaban J connectivity index is 1.70. The van der Waals surface area contributed by atoms with Gasteiger partial charge in [-0.2, -0.15) is 13.2 Å². The maximum Gasteiger partial charge on any atom is 0.416 e. The van der Waals surface area contributed by atoms with E-state index in [0.29, 0.717) is 13.0 Å². The molecule has 1 atom stereocenters. The highest BCUT2D eigenvalue weighted by Gasteiger charge is 2.33. The molecule has 5 nitrogen and oxygen atoms in total. The number of nitrogens with zero attached hydrogens (tertiary/aromatic N) is 1. The van der Waals surface area contributed by atoms with Gasteiger partial charge in [-0.15, -0.1) is 0 Å². The lowest BCUT2D eigenvalue weighted by molar-refractivity contribution is -0.148. The summed E-state index contributed by atoms with van der Waals surface area (Å²) in [7, 11) is 1.29. The second-order valence-corrected chi connectivity index (χ2v) is 6.54. The largest absolute Gasteiger partial charge is 0.468 e. The van der Waals surface area contributed by atoms with Crippen LogP contribution < -0.4 is 5.32 Å². The second-order valence-electron chi connectivity index (χ2n) is 6.54. The number of carbonyl (C=O) groups is 2. The Morgan fingerprint density at radius 1 is 1.11 bits per heavy atom. The van der Waals surface area contributed by atoms with E-state index in [-0.39, 0.29) is 12.2 Å². The molecule has 1 N–H and O–H groups in total. The first-order chi connectivity index (χ1) is 13.3. The first-order valence-corrected chi connectivity index (χ1v) is 8.63. The molecular weight excluding hydrogens is 373 g/mol. The van der Waals surface area contributed by atoms with Crippen molar-refractivity contribution in [3.8, 4) is 0 Å². The average molecular weight is 392 g/mol. The fraction of sp³-hybridized carbons (Fsp3) is 0.300. The Morgan fingerprint density at radius 2 is 1.75 bits per heavy atom. The van der Waals surface area contributed by atoms with E-state index in [0.717, 1.165) is 23.3 Å². The number of ether oxygens (including phenoxy) is 1. The van der Waals surface area contributed by atoms with Gasteiger partial charge in [0.05, 0.1) is 19.2 Å². The van der Waals surface area contributed by atoms with Crippen LogP contribution in [0, 0.1) is 0 Å². The molecular formula is C20H19F3N2O3. The number of hydrogen-bond donors (Lipinski definition) is 1. The number of rotatable bonds is 4. The zero-order valence-electron chi connectivity index (χ0n) is 15.1. The lowest BCUT2D eigenvalue weighted by Gasteiger charge is -2.34. The minimum atomic E-state index is -4.43.